The molecule has 8 rings (SSSR count). The molecule has 3 N–H and O–H groups in total. The quantitative estimate of drug-likeness (QED) is 0.246. The summed E-state index contributed by atoms with van der Waals surface area (Å²) in [6, 6.07) is 12.4. The number of nitrogens with one attached hydrogen (secondary N) is 1. The number of hydrogen-bond donors (Lipinski definition) is 2. The van der Waals surface area contributed by atoms with Crippen LogP contribution in [0.1, 0.15) is 77.4 Å². The van der Waals surface area contributed by atoms with Crippen molar-refractivity contribution < 1.29 is 18.7 Å². The number of rotatable bonds is 8. The van der Waals surface area contributed by atoms with E-state index in [4.69, 9.17) is 19.9 Å². The number of methoxy groups -OCH3 is 1. The summed E-state index contributed by atoms with van der Waals surface area (Å²) in [4.78, 5) is 37.8. The number of nitrogens with zero attached hydrogens (tertiary/aromatic N) is 5. The zero-order valence-corrected chi connectivity index (χ0v) is 26.6. The van der Waals surface area contributed by atoms with Crippen LogP contribution in [0.2, 0.25) is 0 Å². The van der Waals surface area contributed by atoms with Crippen LogP contribution in [0.4, 0.5) is 0 Å². The number of aromatic nitrogens is 4. The van der Waals surface area contributed by atoms with E-state index in [1.54, 1.807) is 14.0 Å². The maximum atomic E-state index is 13.8. The Morgan fingerprint density at radius 1 is 1.15 bits per heavy atom. The molecule has 3 fully saturated rings. The first-order valence-electron chi connectivity index (χ1n) is 16.2. The molecule has 0 unspecified atom stereocenters. The standard InChI is InChI=1S/C35H39N7O4/c1-18(38-34(43)31-16-37-19(2)46-31)21-7-8-22-13-29(41(28(22)12-21)17-20-5-6-20)33-39-26-11-23(14-30(45-4)32(26)40(33)3)35(44)42-24-9-10-27(42)25(36)15-24/h7-8,11-14,16,18,20,24-25,27H,5-6,9-10,15,17,36H2,1-4H3,(H,38,43)/t18-,24+,25-,27-/m1/s1. The van der Waals surface area contributed by atoms with Crippen LogP contribution in [0.25, 0.3) is 33.5 Å². The number of nitrogens with two attached hydrogens (primary N) is 1. The fraction of sp³-hybridized carbons (Fsp3) is 0.429. The number of carbonyl (C=O) groups is 2. The molecule has 0 radical (unpaired) electrons. The second-order valence-corrected chi connectivity index (χ2v) is 13.3. The Balaban J connectivity index is 1.17. The summed E-state index contributed by atoms with van der Waals surface area (Å²) in [6.07, 6.45) is 6.69. The van der Waals surface area contributed by atoms with Gasteiger partial charge < -0.3 is 34.2 Å². The van der Waals surface area contributed by atoms with E-state index in [9.17, 15) is 9.59 Å². The fourth-order valence-electron chi connectivity index (χ4n) is 7.62. The van der Waals surface area contributed by atoms with Crippen molar-refractivity contribution in [1.29, 1.82) is 0 Å². The minimum Gasteiger partial charge on any atom is -0.494 e. The van der Waals surface area contributed by atoms with Gasteiger partial charge in [-0.2, -0.15) is 0 Å². The minimum atomic E-state index is -0.297. The Labute approximate surface area is 266 Å². The second kappa shape index (κ2) is 10.7. The van der Waals surface area contributed by atoms with Crippen LogP contribution >= 0.6 is 0 Å². The highest BCUT2D eigenvalue weighted by Gasteiger charge is 2.47. The number of imidazole rings is 1. The summed E-state index contributed by atoms with van der Waals surface area (Å²) in [7, 11) is 3.64. The Morgan fingerprint density at radius 2 is 1.98 bits per heavy atom. The van der Waals surface area contributed by atoms with Crippen molar-refractivity contribution >= 4 is 33.8 Å². The molecule has 11 nitrogen and oxygen atoms in total. The molecule has 4 atom stereocenters. The zero-order valence-electron chi connectivity index (χ0n) is 26.6. The smallest absolute Gasteiger partial charge is 0.289 e. The van der Waals surface area contributed by atoms with Gasteiger partial charge in [0.25, 0.3) is 11.8 Å². The number of hydrogen-bond acceptors (Lipinski definition) is 7. The van der Waals surface area contributed by atoms with Crippen molar-refractivity contribution in [2.45, 2.75) is 76.7 Å². The average Bonchev–Trinajstić information content (AvgIpc) is 3.36. The van der Waals surface area contributed by atoms with Crippen LogP contribution in [-0.2, 0) is 13.6 Å². The van der Waals surface area contributed by atoms with Crippen molar-refractivity contribution in [3.63, 3.8) is 0 Å². The third-order valence-corrected chi connectivity index (χ3v) is 10.2. The summed E-state index contributed by atoms with van der Waals surface area (Å²) in [6.45, 7) is 4.56. The molecule has 0 spiro atoms. The number of fused-ring (bicyclic) bond motifs is 4. The summed E-state index contributed by atoms with van der Waals surface area (Å²) in [5, 5.41) is 4.13. The van der Waals surface area contributed by atoms with Crippen LogP contribution in [0.3, 0.4) is 0 Å². The molecular formula is C35H39N7O4. The van der Waals surface area contributed by atoms with Gasteiger partial charge in [-0.3, -0.25) is 9.59 Å². The molecule has 11 heteroatoms. The van der Waals surface area contributed by atoms with Crippen molar-refractivity contribution in [3.05, 3.63) is 65.4 Å². The van der Waals surface area contributed by atoms with Gasteiger partial charge in [-0.05, 0) is 74.8 Å². The normalized spacial score (nSPS) is 21.4. The van der Waals surface area contributed by atoms with Gasteiger partial charge in [0, 0.05) is 55.1 Å². The zero-order chi connectivity index (χ0) is 31.9. The third-order valence-electron chi connectivity index (χ3n) is 10.2. The van der Waals surface area contributed by atoms with Crippen molar-refractivity contribution in [2.24, 2.45) is 18.7 Å². The van der Waals surface area contributed by atoms with Crippen LogP contribution in [0, 0.1) is 12.8 Å². The average molecular weight is 622 g/mol. The minimum absolute atomic E-state index is 0.00267. The molecule has 2 aliphatic heterocycles. The lowest BCUT2D eigenvalue weighted by atomic mass is 9.97. The van der Waals surface area contributed by atoms with E-state index in [2.05, 4.69) is 43.7 Å². The molecule has 1 saturated carbocycles. The van der Waals surface area contributed by atoms with Crippen molar-refractivity contribution in [3.8, 4) is 17.3 Å². The van der Waals surface area contributed by atoms with Gasteiger partial charge in [0.1, 0.15) is 11.3 Å². The third kappa shape index (κ3) is 4.67. The van der Waals surface area contributed by atoms with E-state index >= 15 is 0 Å². The van der Waals surface area contributed by atoms with Gasteiger partial charge in [0.05, 0.1) is 30.6 Å². The van der Waals surface area contributed by atoms with E-state index in [0.29, 0.717) is 23.1 Å². The number of aryl methyl sites for hydroxylation is 2. The molecule has 2 bridgehead atoms. The predicted octanol–water partition coefficient (Wildman–Crippen LogP) is 5.11. The van der Waals surface area contributed by atoms with Gasteiger partial charge in [-0.1, -0.05) is 12.1 Å². The number of ether oxygens (including phenoxy) is 1. The van der Waals surface area contributed by atoms with Gasteiger partial charge >= 0.3 is 0 Å². The van der Waals surface area contributed by atoms with Gasteiger partial charge in [0.2, 0.25) is 5.76 Å². The second-order valence-electron chi connectivity index (χ2n) is 13.3. The summed E-state index contributed by atoms with van der Waals surface area (Å²) in [5.74, 6) is 2.40. The highest BCUT2D eigenvalue weighted by Crippen LogP contribution is 2.41. The van der Waals surface area contributed by atoms with E-state index in [-0.39, 0.29) is 41.7 Å². The predicted molar refractivity (Wildman–Crippen MR) is 174 cm³/mol. The first-order valence-corrected chi connectivity index (χ1v) is 16.2. The maximum absolute atomic E-state index is 13.8. The van der Waals surface area contributed by atoms with E-state index in [1.807, 2.05) is 31.0 Å². The molecule has 46 heavy (non-hydrogen) atoms. The molecule has 238 valence electrons. The molecule has 5 heterocycles. The maximum Gasteiger partial charge on any atom is 0.289 e. The summed E-state index contributed by atoms with van der Waals surface area (Å²) in [5.41, 5.74) is 11.6. The number of benzene rings is 2. The summed E-state index contributed by atoms with van der Waals surface area (Å²) < 4.78 is 15.7. The van der Waals surface area contributed by atoms with Crippen molar-refractivity contribution in [2.75, 3.05) is 7.11 Å². The molecule has 3 aliphatic rings. The Bertz CT molecular complexity index is 2020. The van der Waals surface area contributed by atoms with E-state index in [1.165, 1.54) is 19.0 Å². The number of carbonyl (C=O) groups excluding carboxylic acids is 2. The highest BCUT2D eigenvalue weighted by atomic mass is 16.5. The van der Waals surface area contributed by atoms with E-state index < -0.39 is 0 Å². The van der Waals surface area contributed by atoms with E-state index in [0.717, 1.165) is 64.8 Å². The Morgan fingerprint density at radius 3 is 2.65 bits per heavy atom. The molecule has 3 aromatic heterocycles. The SMILES string of the molecule is COc1cc(C(=O)N2[C@H]3CC[C@@H]2[C@H](N)C3)cc2nc(-c3cc4ccc([C@@H](C)NC(=O)c5cnc(C)o5)cc4n3CC3CC3)n(C)c12. The Hall–Kier alpha value is -4.64. The van der Waals surface area contributed by atoms with Gasteiger partial charge in [0.15, 0.2) is 11.7 Å². The summed E-state index contributed by atoms with van der Waals surface area (Å²) >= 11 is 0. The molecule has 2 saturated heterocycles. The lowest BCUT2D eigenvalue weighted by molar-refractivity contribution is 0.0726. The first kappa shape index (κ1) is 28.8. The van der Waals surface area contributed by atoms with Crippen LogP contribution in [0.5, 0.6) is 5.75 Å². The topological polar surface area (TPSA) is 133 Å². The fourth-order valence-corrected chi connectivity index (χ4v) is 7.62. The first-order chi connectivity index (χ1) is 22.2. The molecular weight excluding hydrogens is 582 g/mol. The lowest BCUT2D eigenvalue weighted by Crippen LogP contribution is -2.40. The monoisotopic (exact) mass is 621 g/mol. The largest absolute Gasteiger partial charge is 0.494 e. The van der Waals surface area contributed by atoms with Crippen LogP contribution in [0.15, 0.2) is 47.0 Å². The van der Waals surface area contributed by atoms with Gasteiger partial charge in [-0.25, -0.2) is 9.97 Å². The van der Waals surface area contributed by atoms with Crippen LogP contribution in [-0.4, -0.2) is 61.1 Å². The Kier molecular flexibility index (Phi) is 6.72. The van der Waals surface area contributed by atoms with Gasteiger partial charge in [-0.15, -0.1) is 0 Å². The van der Waals surface area contributed by atoms with Crippen LogP contribution < -0.4 is 15.8 Å². The molecule has 5 aromatic rings. The molecule has 2 amide bonds. The highest BCUT2D eigenvalue weighted by molar-refractivity contribution is 6.01. The molecule has 2 aromatic carbocycles. The molecule has 1 aliphatic carbocycles. The number of amides is 2. The van der Waals surface area contributed by atoms with Crippen molar-refractivity contribution in [1.82, 2.24) is 29.3 Å². The number of oxazole rings is 1. The lowest BCUT2D eigenvalue weighted by Gasteiger charge is -2.23.